The first-order chi connectivity index (χ1) is 14.6. The zero-order valence-corrected chi connectivity index (χ0v) is 19.0. The van der Waals surface area contributed by atoms with Crippen molar-refractivity contribution >= 4 is 27.9 Å². The fourth-order valence-corrected chi connectivity index (χ4v) is 5.14. The molecule has 0 radical (unpaired) electrons. The van der Waals surface area contributed by atoms with Crippen LogP contribution in [0.5, 0.6) is 5.75 Å². The first kappa shape index (κ1) is 24.6. The highest BCUT2D eigenvalue weighted by atomic mass is 32.2. The third kappa shape index (κ3) is 5.95. The number of carbonyl (C=O) groups excluding carboxylic acids is 3. The summed E-state index contributed by atoms with van der Waals surface area (Å²) < 4.78 is 38.2. The van der Waals surface area contributed by atoms with Crippen LogP contribution in [-0.4, -0.2) is 63.0 Å². The molecule has 1 aliphatic rings. The molecule has 1 aliphatic heterocycles. The number of benzene rings is 1. The smallest absolute Gasteiger partial charge is 0.338 e. The van der Waals surface area contributed by atoms with Gasteiger partial charge in [-0.1, -0.05) is 6.42 Å². The lowest BCUT2D eigenvalue weighted by Gasteiger charge is -2.32. The molecule has 31 heavy (non-hydrogen) atoms. The Bertz CT molecular complexity index is 933. The monoisotopic (exact) mass is 455 g/mol. The van der Waals surface area contributed by atoms with Crippen LogP contribution in [0.15, 0.2) is 23.1 Å². The van der Waals surface area contributed by atoms with Gasteiger partial charge in [0.25, 0.3) is 5.91 Å². The number of ether oxygens (including phenoxy) is 2. The highest BCUT2D eigenvalue weighted by molar-refractivity contribution is 7.89. The minimum atomic E-state index is -3.91. The summed E-state index contributed by atoms with van der Waals surface area (Å²) in [6.07, 6.45) is 1.19. The number of hydrogen-bond acceptors (Lipinski definition) is 7. The summed E-state index contributed by atoms with van der Waals surface area (Å²) in [5, 5.41) is 4.44. The molecule has 1 aromatic rings. The number of sulfonamides is 1. The van der Waals surface area contributed by atoms with E-state index in [1.54, 1.807) is 6.92 Å². The van der Waals surface area contributed by atoms with Gasteiger partial charge in [-0.25, -0.2) is 18.0 Å². The molecule has 2 rings (SSSR count). The molecule has 1 heterocycles. The average Bonchev–Trinajstić information content (AvgIpc) is 2.73. The molecule has 11 heteroatoms. The van der Waals surface area contributed by atoms with Crippen molar-refractivity contribution < 1.29 is 32.3 Å². The molecule has 0 aliphatic carbocycles. The Balaban J connectivity index is 2.24. The summed E-state index contributed by atoms with van der Waals surface area (Å²) in [6.45, 7) is 5.55. The van der Waals surface area contributed by atoms with Gasteiger partial charge in [0.1, 0.15) is 10.6 Å². The summed E-state index contributed by atoms with van der Waals surface area (Å²) in [7, 11) is -2.56. The Labute approximate surface area is 182 Å². The van der Waals surface area contributed by atoms with Crippen LogP contribution in [-0.2, 0) is 19.6 Å². The number of urea groups is 1. The van der Waals surface area contributed by atoms with Crippen LogP contribution < -0.4 is 15.4 Å². The maximum absolute atomic E-state index is 13.3. The van der Waals surface area contributed by atoms with E-state index in [-0.39, 0.29) is 22.3 Å². The Morgan fingerprint density at radius 1 is 1.26 bits per heavy atom. The second kappa shape index (κ2) is 10.6. The van der Waals surface area contributed by atoms with Gasteiger partial charge in [-0.3, -0.25) is 10.1 Å². The second-order valence-electron chi connectivity index (χ2n) is 7.22. The molecular weight excluding hydrogens is 426 g/mol. The maximum atomic E-state index is 13.3. The number of imide groups is 1. The van der Waals surface area contributed by atoms with E-state index >= 15 is 0 Å². The number of esters is 1. The van der Waals surface area contributed by atoms with Crippen molar-refractivity contribution in [3.05, 3.63) is 23.8 Å². The zero-order chi connectivity index (χ0) is 23.2. The highest BCUT2D eigenvalue weighted by Gasteiger charge is 2.34. The number of methoxy groups -OCH3 is 1. The fourth-order valence-electron chi connectivity index (χ4n) is 3.26. The van der Waals surface area contributed by atoms with Gasteiger partial charge in [-0.15, -0.1) is 0 Å². The number of carbonyl (C=O) groups is 3. The van der Waals surface area contributed by atoms with Crippen LogP contribution in [0.25, 0.3) is 0 Å². The fraction of sp³-hybridized carbons (Fsp3) is 0.550. The highest BCUT2D eigenvalue weighted by Crippen LogP contribution is 2.31. The first-order valence-corrected chi connectivity index (χ1v) is 11.5. The first-order valence-electron chi connectivity index (χ1n) is 10.1. The molecule has 2 atom stereocenters. The predicted molar refractivity (Wildman–Crippen MR) is 112 cm³/mol. The van der Waals surface area contributed by atoms with Crippen molar-refractivity contribution in [2.45, 2.75) is 57.1 Å². The van der Waals surface area contributed by atoms with Crippen LogP contribution >= 0.6 is 0 Å². The molecule has 1 aromatic carbocycles. The van der Waals surface area contributed by atoms with E-state index in [0.29, 0.717) is 13.1 Å². The van der Waals surface area contributed by atoms with E-state index in [9.17, 15) is 22.8 Å². The molecule has 172 valence electrons. The minimum Gasteiger partial charge on any atom is -0.495 e. The van der Waals surface area contributed by atoms with Gasteiger partial charge in [0.05, 0.1) is 12.7 Å². The molecular formula is C20H29N3O7S. The molecule has 1 saturated heterocycles. The number of nitrogens with one attached hydrogen (secondary N) is 2. The molecule has 3 amide bonds. The average molecular weight is 456 g/mol. The number of nitrogens with zero attached hydrogens (tertiary/aromatic N) is 1. The Morgan fingerprint density at radius 2 is 1.97 bits per heavy atom. The van der Waals surface area contributed by atoms with Crippen LogP contribution in [0, 0.1) is 0 Å². The molecule has 2 N–H and O–H groups in total. The lowest BCUT2D eigenvalue weighted by Crippen LogP contribution is -2.44. The standard InChI is InChI=1S/C20H29N3O7S/c1-5-21-20(26)22-18(24)14(3)30-19(25)15-9-10-16(29-4)17(12-15)31(27,28)23-11-7-6-8-13(23)2/h9-10,12-14H,5-8,11H2,1-4H3,(H2,21,22,24,26). The quantitative estimate of drug-likeness (QED) is 0.598. The van der Waals surface area contributed by atoms with Crippen molar-refractivity contribution in [2.75, 3.05) is 20.2 Å². The van der Waals surface area contributed by atoms with E-state index in [1.165, 1.54) is 36.5 Å². The molecule has 2 unspecified atom stereocenters. The Kier molecular flexibility index (Phi) is 8.40. The van der Waals surface area contributed by atoms with E-state index in [0.717, 1.165) is 19.3 Å². The Morgan fingerprint density at radius 3 is 2.58 bits per heavy atom. The number of piperidine rings is 1. The van der Waals surface area contributed by atoms with Crippen molar-refractivity contribution in [1.82, 2.24) is 14.9 Å². The van der Waals surface area contributed by atoms with Crippen molar-refractivity contribution in [3.63, 3.8) is 0 Å². The van der Waals surface area contributed by atoms with E-state index in [1.807, 2.05) is 6.92 Å². The Hall–Kier alpha value is -2.66. The van der Waals surface area contributed by atoms with Crippen LogP contribution in [0.1, 0.15) is 50.4 Å². The van der Waals surface area contributed by atoms with Gasteiger partial charge in [0.2, 0.25) is 10.0 Å². The molecule has 10 nitrogen and oxygen atoms in total. The molecule has 0 aromatic heterocycles. The van der Waals surface area contributed by atoms with Crippen molar-refractivity contribution in [2.24, 2.45) is 0 Å². The maximum Gasteiger partial charge on any atom is 0.338 e. The molecule has 1 fully saturated rings. The summed E-state index contributed by atoms with van der Waals surface area (Å²) in [4.78, 5) is 35.8. The van der Waals surface area contributed by atoms with Gasteiger partial charge in [-0.05, 0) is 51.8 Å². The molecule has 0 spiro atoms. The van der Waals surface area contributed by atoms with E-state index in [2.05, 4.69) is 10.6 Å². The normalized spacial score (nSPS) is 18.0. The van der Waals surface area contributed by atoms with Gasteiger partial charge in [-0.2, -0.15) is 4.31 Å². The van der Waals surface area contributed by atoms with Crippen LogP contribution in [0.2, 0.25) is 0 Å². The van der Waals surface area contributed by atoms with Crippen molar-refractivity contribution in [1.29, 1.82) is 0 Å². The van der Waals surface area contributed by atoms with Gasteiger partial charge >= 0.3 is 12.0 Å². The summed E-state index contributed by atoms with van der Waals surface area (Å²) in [5.74, 6) is -1.59. The van der Waals surface area contributed by atoms with E-state index in [4.69, 9.17) is 9.47 Å². The minimum absolute atomic E-state index is 0.0540. The molecule has 0 saturated carbocycles. The summed E-state index contributed by atoms with van der Waals surface area (Å²) >= 11 is 0. The zero-order valence-electron chi connectivity index (χ0n) is 18.1. The van der Waals surface area contributed by atoms with Gasteiger partial charge in [0, 0.05) is 19.1 Å². The van der Waals surface area contributed by atoms with Gasteiger partial charge < -0.3 is 14.8 Å². The topological polar surface area (TPSA) is 131 Å². The van der Waals surface area contributed by atoms with Gasteiger partial charge in [0.15, 0.2) is 6.10 Å². The number of rotatable bonds is 7. The SMILES string of the molecule is CCNC(=O)NC(=O)C(C)OC(=O)c1ccc(OC)c(S(=O)(=O)N2CCCCC2C)c1. The second-order valence-corrected chi connectivity index (χ2v) is 9.08. The van der Waals surface area contributed by atoms with Crippen LogP contribution in [0.4, 0.5) is 4.79 Å². The van der Waals surface area contributed by atoms with E-state index < -0.39 is 34.0 Å². The third-order valence-electron chi connectivity index (χ3n) is 4.96. The lowest BCUT2D eigenvalue weighted by atomic mass is 10.1. The van der Waals surface area contributed by atoms with Crippen molar-refractivity contribution in [3.8, 4) is 5.75 Å². The van der Waals surface area contributed by atoms with Crippen LogP contribution in [0.3, 0.4) is 0 Å². The summed E-state index contributed by atoms with van der Waals surface area (Å²) in [5.41, 5.74) is -0.0540. The number of amides is 3. The third-order valence-corrected chi connectivity index (χ3v) is 6.99. The number of hydrogen-bond donors (Lipinski definition) is 2. The summed E-state index contributed by atoms with van der Waals surface area (Å²) in [6, 6.07) is 3.04. The molecule has 0 bridgehead atoms. The predicted octanol–water partition coefficient (Wildman–Crippen LogP) is 1.65. The largest absolute Gasteiger partial charge is 0.495 e. The lowest BCUT2D eigenvalue weighted by molar-refractivity contribution is -0.127.